The number of hydrogen-bond donors (Lipinski definition) is 2. The number of amides is 1. The molecular formula is C18H29N3O3. The Kier molecular flexibility index (Phi) is 5.94. The number of rotatable bonds is 4. The number of carbonyl (C=O) groups excluding carboxylic acids is 1. The van der Waals surface area contributed by atoms with Gasteiger partial charge in [-0.2, -0.15) is 0 Å². The van der Waals surface area contributed by atoms with E-state index in [0.717, 1.165) is 49.5 Å². The fourth-order valence-electron chi connectivity index (χ4n) is 2.95. The number of methoxy groups -OCH3 is 1. The summed E-state index contributed by atoms with van der Waals surface area (Å²) in [7, 11) is 1.66. The predicted molar refractivity (Wildman–Crippen MR) is 95.1 cm³/mol. The molecule has 24 heavy (non-hydrogen) atoms. The van der Waals surface area contributed by atoms with Crippen LogP contribution in [0.2, 0.25) is 0 Å². The molecule has 1 amide bonds. The van der Waals surface area contributed by atoms with Crippen LogP contribution in [-0.2, 0) is 11.3 Å². The molecule has 0 saturated carbocycles. The van der Waals surface area contributed by atoms with Crippen molar-refractivity contribution in [2.75, 3.05) is 25.9 Å². The lowest BCUT2D eigenvalue weighted by atomic mass is 10.0. The Morgan fingerprint density at radius 2 is 2.17 bits per heavy atom. The SMILES string of the molecule is COc1ccc(N)cc1CN1CCC[C@@H](NC(=O)OC(C)(C)C)C1. The highest BCUT2D eigenvalue weighted by Gasteiger charge is 2.24. The fourth-order valence-corrected chi connectivity index (χ4v) is 2.95. The average molecular weight is 335 g/mol. The molecule has 0 bridgehead atoms. The van der Waals surface area contributed by atoms with Crippen LogP contribution in [0, 0.1) is 0 Å². The summed E-state index contributed by atoms with van der Waals surface area (Å²) < 4.78 is 10.8. The Morgan fingerprint density at radius 1 is 1.42 bits per heavy atom. The summed E-state index contributed by atoms with van der Waals surface area (Å²) >= 11 is 0. The van der Waals surface area contributed by atoms with E-state index in [1.165, 1.54) is 0 Å². The minimum absolute atomic E-state index is 0.0978. The number of likely N-dealkylation sites (tertiary alicyclic amines) is 1. The minimum Gasteiger partial charge on any atom is -0.496 e. The molecule has 6 nitrogen and oxygen atoms in total. The van der Waals surface area contributed by atoms with Gasteiger partial charge in [-0.05, 0) is 58.4 Å². The summed E-state index contributed by atoms with van der Waals surface area (Å²) in [5.74, 6) is 0.839. The zero-order valence-electron chi connectivity index (χ0n) is 15.1. The highest BCUT2D eigenvalue weighted by atomic mass is 16.6. The zero-order chi connectivity index (χ0) is 17.7. The van der Waals surface area contributed by atoms with Gasteiger partial charge in [0, 0.05) is 30.4 Å². The Labute approximate surface area is 144 Å². The number of nitrogen functional groups attached to an aromatic ring is 1. The van der Waals surface area contributed by atoms with Crippen molar-refractivity contribution < 1.29 is 14.3 Å². The second-order valence-electron chi connectivity index (χ2n) is 7.29. The van der Waals surface area contributed by atoms with Crippen molar-refractivity contribution in [3.63, 3.8) is 0 Å². The maximum absolute atomic E-state index is 11.9. The van der Waals surface area contributed by atoms with Gasteiger partial charge in [0.25, 0.3) is 0 Å². The van der Waals surface area contributed by atoms with Crippen molar-refractivity contribution in [3.8, 4) is 5.75 Å². The largest absolute Gasteiger partial charge is 0.496 e. The maximum atomic E-state index is 11.9. The molecule has 0 aromatic heterocycles. The van der Waals surface area contributed by atoms with Crippen LogP contribution in [0.4, 0.5) is 10.5 Å². The Balaban J connectivity index is 1.94. The normalized spacial score (nSPS) is 18.9. The third-order valence-electron chi connectivity index (χ3n) is 3.92. The van der Waals surface area contributed by atoms with Gasteiger partial charge in [0.1, 0.15) is 11.4 Å². The van der Waals surface area contributed by atoms with E-state index in [9.17, 15) is 4.79 Å². The van der Waals surface area contributed by atoms with Crippen molar-refractivity contribution in [1.82, 2.24) is 10.2 Å². The summed E-state index contributed by atoms with van der Waals surface area (Å²) in [4.78, 5) is 14.3. The molecule has 1 aliphatic rings. The lowest BCUT2D eigenvalue weighted by Crippen LogP contribution is -2.48. The molecule has 1 atom stereocenters. The summed E-state index contributed by atoms with van der Waals surface area (Å²) in [6.07, 6.45) is 1.64. The molecule has 0 aliphatic carbocycles. The van der Waals surface area contributed by atoms with Gasteiger partial charge in [0.15, 0.2) is 0 Å². The molecule has 2 rings (SSSR count). The number of alkyl carbamates (subject to hydrolysis) is 1. The van der Waals surface area contributed by atoms with Crippen molar-refractivity contribution >= 4 is 11.8 Å². The Morgan fingerprint density at radius 3 is 2.83 bits per heavy atom. The quantitative estimate of drug-likeness (QED) is 0.828. The molecule has 1 fully saturated rings. The third-order valence-corrected chi connectivity index (χ3v) is 3.92. The Bertz CT molecular complexity index is 569. The standard InChI is InChI=1S/C18H29N3O3/c1-18(2,3)24-17(22)20-15-6-5-9-21(12-15)11-13-10-14(19)7-8-16(13)23-4/h7-8,10,15H,5-6,9,11-12,19H2,1-4H3,(H,20,22)/t15-/m1/s1. The lowest BCUT2D eigenvalue weighted by molar-refractivity contribution is 0.0470. The van der Waals surface area contributed by atoms with E-state index in [0.29, 0.717) is 0 Å². The number of benzene rings is 1. The Hall–Kier alpha value is -1.95. The number of hydrogen-bond acceptors (Lipinski definition) is 5. The molecule has 0 spiro atoms. The van der Waals surface area contributed by atoms with E-state index in [2.05, 4.69) is 10.2 Å². The summed E-state index contributed by atoms with van der Waals surface area (Å²) in [5, 5.41) is 2.97. The van der Waals surface area contributed by atoms with E-state index in [1.54, 1.807) is 7.11 Å². The second kappa shape index (κ2) is 7.75. The van der Waals surface area contributed by atoms with Crippen molar-refractivity contribution in [2.24, 2.45) is 0 Å². The minimum atomic E-state index is -0.479. The molecule has 1 heterocycles. The highest BCUT2D eigenvalue weighted by molar-refractivity contribution is 5.68. The maximum Gasteiger partial charge on any atom is 0.407 e. The van der Waals surface area contributed by atoms with Crippen LogP contribution in [0.3, 0.4) is 0 Å². The van der Waals surface area contributed by atoms with Crippen molar-refractivity contribution in [3.05, 3.63) is 23.8 Å². The molecule has 1 aromatic carbocycles. The first-order chi connectivity index (χ1) is 11.3. The van der Waals surface area contributed by atoms with Crippen LogP contribution in [-0.4, -0.2) is 42.8 Å². The van der Waals surface area contributed by atoms with Crippen LogP contribution in [0.25, 0.3) is 0 Å². The number of piperidine rings is 1. The average Bonchev–Trinajstić information content (AvgIpc) is 2.45. The summed E-state index contributed by atoms with van der Waals surface area (Å²) in [5.41, 5.74) is 7.21. The first-order valence-corrected chi connectivity index (χ1v) is 8.41. The van der Waals surface area contributed by atoms with E-state index in [4.69, 9.17) is 15.2 Å². The zero-order valence-corrected chi connectivity index (χ0v) is 15.1. The number of nitrogens with zero attached hydrogens (tertiary/aromatic N) is 1. The van der Waals surface area contributed by atoms with Crippen LogP contribution in [0.5, 0.6) is 5.75 Å². The summed E-state index contributed by atoms with van der Waals surface area (Å²) in [6, 6.07) is 5.78. The second-order valence-corrected chi connectivity index (χ2v) is 7.29. The third kappa shape index (κ3) is 5.60. The molecular weight excluding hydrogens is 306 g/mol. The van der Waals surface area contributed by atoms with Crippen LogP contribution in [0.1, 0.15) is 39.2 Å². The molecule has 0 radical (unpaired) electrons. The van der Waals surface area contributed by atoms with Crippen molar-refractivity contribution in [1.29, 1.82) is 0 Å². The first-order valence-electron chi connectivity index (χ1n) is 8.41. The van der Waals surface area contributed by atoms with Gasteiger partial charge in [-0.15, -0.1) is 0 Å². The van der Waals surface area contributed by atoms with E-state index >= 15 is 0 Å². The number of carbonyl (C=O) groups is 1. The van der Waals surface area contributed by atoms with Gasteiger partial charge in [0.2, 0.25) is 0 Å². The number of nitrogens with one attached hydrogen (secondary N) is 1. The van der Waals surface area contributed by atoms with E-state index < -0.39 is 5.60 Å². The van der Waals surface area contributed by atoms with Crippen LogP contribution >= 0.6 is 0 Å². The van der Waals surface area contributed by atoms with Gasteiger partial charge >= 0.3 is 6.09 Å². The number of nitrogens with two attached hydrogens (primary N) is 1. The number of ether oxygens (including phenoxy) is 2. The van der Waals surface area contributed by atoms with E-state index in [-0.39, 0.29) is 12.1 Å². The van der Waals surface area contributed by atoms with Crippen molar-refractivity contribution in [2.45, 2.75) is 51.8 Å². The highest BCUT2D eigenvalue weighted by Crippen LogP contribution is 2.24. The number of anilines is 1. The van der Waals surface area contributed by atoms with Gasteiger partial charge in [-0.1, -0.05) is 0 Å². The van der Waals surface area contributed by atoms with Gasteiger partial charge in [-0.25, -0.2) is 4.79 Å². The predicted octanol–water partition coefficient (Wildman–Crippen LogP) is 2.77. The van der Waals surface area contributed by atoms with Gasteiger partial charge < -0.3 is 20.5 Å². The molecule has 1 saturated heterocycles. The molecule has 134 valence electrons. The fraction of sp³-hybridized carbons (Fsp3) is 0.611. The molecule has 0 unspecified atom stereocenters. The molecule has 3 N–H and O–H groups in total. The smallest absolute Gasteiger partial charge is 0.407 e. The van der Waals surface area contributed by atoms with Gasteiger partial charge in [0.05, 0.1) is 7.11 Å². The first kappa shape index (κ1) is 18.4. The van der Waals surface area contributed by atoms with Crippen LogP contribution in [0.15, 0.2) is 18.2 Å². The molecule has 1 aliphatic heterocycles. The molecule has 6 heteroatoms. The topological polar surface area (TPSA) is 76.8 Å². The lowest BCUT2D eigenvalue weighted by Gasteiger charge is -2.33. The van der Waals surface area contributed by atoms with Crippen LogP contribution < -0.4 is 15.8 Å². The van der Waals surface area contributed by atoms with Gasteiger partial charge in [-0.3, -0.25) is 4.90 Å². The summed E-state index contributed by atoms with van der Waals surface area (Å²) in [6.45, 7) is 8.13. The molecule has 1 aromatic rings. The monoisotopic (exact) mass is 335 g/mol. The van der Waals surface area contributed by atoms with E-state index in [1.807, 2.05) is 39.0 Å².